The summed E-state index contributed by atoms with van der Waals surface area (Å²) in [5, 5.41) is 3.81. The van der Waals surface area contributed by atoms with Crippen LogP contribution >= 0.6 is 11.3 Å². The van der Waals surface area contributed by atoms with Crippen molar-refractivity contribution in [1.29, 1.82) is 0 Å². The van der Waals surface area contributed by atoms with Crippen LogP contribution in [0.5, 0.6) is 5.75 Å². The smallest absolute Gasteiger partial charge is 0.315 e. The van der Waals surface area contributed by atoms with Gasteiger partial charge in [0.1, 0.15) is 5.75 Å². The number of sulfonamides is 1. The largest absolute Gasteiger partial charge is 0.426 e. The number of carbonyl (C=O) groups is 1. The molecular formula is C21H21NO4S2. The van der Waals surface area contributed by atoms with E-state index in [2.05, 4.69) is 0 Å². The predicted octanol–water partition coefficient (Wildman–Crippen LogP) is 4.34. The van der Waals surface area contributed by atoms with Gasteiger partial charge in [0.05, 0.1) is 17.0 Å². The van der Waals surface area contributed by atoms with Gasteiger partial charge in [-0.05, 0) is 83.8 Å². The second kappa shape index (κ2) is 8.16. The van der Waals surface area contributed by atoms with Gasteiger partial charge >= 0.3 is 5.97 Å². The van der Waals surface area contributed by atoms with Crippen LogP contribution in [0.2, 0.25) is 0 Å². The zero-order chi connectivity index (χ0) is 20.3. The van der Waals surface area contributed by atoms with E-state index in [1.165, 1.54) is 22.7 Å². The van der Waals surface area contributed by atoms with Crippen LogP contribution < -0.4 is 9.04 Å². The number of hydrogen-bond donors (Lipinski definition) is 0. The van der Waals surface area contributed by atoms with E-state index in [0.717, 1.165) is 16.7 Å². The molecule has 1 heterocycles. The van der Waals surface area contributed by atoms with Crippen molar-refractivity contribution in [2.45, 2.75) is 25.2 Å². The van der Waals surface area contributed by atoms with Gasteiger partial charge in [-0.2, -0.15) is 11.3 Å². The monoisotopic (exact) mass is 415 g/mol. The minimum Gasteiger partial charge on any atom is -0.426 e. The summed E-state index contributed by atoms with van der Waals surface area (Å²) in [6.07, 6.45) is 0.201. The maximum atomic E-state index is 12.9. The van der Waals surface area contributed by atoms with Gasteiger partial charge in [-0.25, -0.2) is 8.42 Å². The van der Waals surface area contributed by atoms with Crippen LogP contribution in [0, 0.1) is 13.8 Å². The number of carbonyl (C=O) groups excluding carboxylic acids is 1. The Morgan fingerprint density at radius 3 is 2.36 bits per heavy atom. The van der Waals surface area contributed by atoms with Gasteiger partial charge in [0.25, 0.3) is 10.0 Å². The first-order valence-electron chi connectivity index (χ1n) is 8.65. The number of rotatable bonds is 6. The van der Waals surface area contributed by atoms with Crippen LogP contribution in [0.15, 0.2) is 64.2 Å². The Morgan fingerprint density at radius 1 is 1.04 bits per heavy atom. The molecule has 0 aliphatic rings. The first-order valence-corrected chi connectivity index (χ1v) is 11.0. The molecule has 0 fully saturated rings. The fraction of sp³-hybridized carbons (Fsp3) is 0.190. The van der Waals surface area contributed by atoms with Crippen LogP contribution in [-0.4, -0.2) is 21.4 Å². The van der Waals surface area contributed by atoms with Gasteiger partial charge in [-0.1, -0.05) is 6.07 Å². The Kier molecular flexibility index (Phi) is 5.86. The minimum atomic E-state index is -3.67. The molecule has 0 atom stereocenters. The van der Waals surface area contributed by atoms with Crippen molar-refractivity contribution >= 4 is 33.0 Å². The molecule has 0 amide bonds. The highest BCUT2D eigenvalue weighted by Gasteiger charge is 2.22. The van der Waals surface area contributed by atoms with Gasteiger partial charge in [-0.15, -0.1) is 0 Å². The summed E-state index contributed by atoms with van der Waals surface area (Å²) >= 11 is 1.52. The summed E-state index contributed by atoms with van der Waals surface area (Å²) in [7, 11) is -2.17. The number of nitrogens with zero attached hydrogens (tertiary/aromatic N) is 1. The zero-order valence-electron chi connectivity index (χ0n) is 15.9. The van der Waals surface area contributed by atoms with Crippen LogP contribution in [0.4, 0.5) is 5.69 Å². The summed E-state index contributed by atoms with van der Waals surface area (Å²) in [5.41, 5.74) is 3.35. The zero-order valence-corrected chi connectivity index (χ0v) is 17.5. The molecule has 0 saturated carbocycles. The molecule has 0 saturated heterocycles. The lowest BCUT2D eigenvalue weighted by molar-refractivity contribution is -0.133. The first kappa shape index (κ1) is 20.1. The van der Waals surface area contributed by atoms with Gasteiger partial charge in [0.15, 0.2) is 0 Å². The van der Waals surface area contributed by atoms with Crippen molar-refractivity contribution in [3.05, 3.63) is 76.0 Å². The van der Waals surface area contributed by atoms with Gasteiger partial charge in [0.2, 0.25) is 0 Å². The van der Waals surface area contributed by atoms with Crippen molar-refractivity contribution in [3.8, 4) is 5.75 Å². The van der Waals surface area contributed by atoms with Gasteiger partial charge in [0, 0.05) is 7.05 Å². The molecule has 0 spiro atoms. The number of benzene rings is 2. The normalized spacial score (nSPS) is 11.2. The molecular weight excluding hydrogens is 394 g/mol. The van der Waals surface area contributed by atoms with E-state index in [1.807, 2.05) is 30.7 Å². The fourth-order valence-corrected chi connectivity index (χ4v) is 4.57. The van der Waals surface area contributed by atoms with Crippen LogP contribution in [-0.2, 0) is 21.2 Å². The molecule has 1 aromatic heterocycles. The summed E-state index contributed by atoms with van der Waals surface area (Å²) in [6.45, 7) is 3.82. The number of esters is 1. The number of hydrogen-bond acceptors (Lipinski definition) is 5. The maximum Gasteiger partial charge on any atom is 0.315 e. The second-order valence-electron chi connectivity index (χ2n) is 6.49. The Labute approximate surface area is 169 Å². The third-order valence-electron chi connectivity index (χ3n) is 4.50. The molecule has 0 bridgehead atoms. The Bertz CT molecular complexity index is 1070. The van der Waals surface area contributed by atoms with E-state index in [0.29, 0.717) is 11.4 Å². The number of aryl methyl sites for hydroxylation is 2. The molecule has 5 nitrogen and oxygen atoms in total. The highest BCUT2D eigenvalue weighted by molar-refractivity contribution is 7.92. The molecule has 0 aliphatic carbocycles. The average molecular weight is 416 g/mol. The lowest BCUT2D eigenvalue weighted by atomic mass is 10.1. The first-order chi connectivity index (χ1) is 13.3. The van der Waals surface area contributed by atoms with E-state index >= 15 is 0 Å². The van der Waals surface area contributed by atoms with Gasteiger partial charge < -0.3 is 4.74 Å². The van der Waals surface area contributed by atoms with E-state index in [9.17, 15) is 13.2 Å². The van der Waals surface area contributed by atoms with Crippen LogP contribution in [0.3, 0.4) is 0 Å². The molecule has 0 radical (unpaired) electrons. The van der Waals surface area contributed by atoms with Crippen molar-refractivity contribution in [1.82, 2.24) is 0 Å². The van der Waals surface area contributed by atoms with E-state index in [1.54, 1.807) is 42.5 Å². The Hall–Kier alpha value is -2.64. The molecule has 146 valence electrons. The second-order valence-corrected chi connectivity index (χ2v) is 9.24. The highest BCUT2D eigenvalue weighted by Crippen LogP contribution is 2.25. The van der Waals surface area contributed by atoms with Crippen molar-refractivity contribution in [2.24, 2.45) is 0 Å². The third kappa shape index (κ3) is 4.43. The SMILES string of the molecule is Cc1ccc(S(=O)(=O)N(C)c2ccc(OC(=O)Cc3ccsc3)cc2)cc1C. The molecule has 7 heteroatoms. The van der Waals surface area contributed by atoms with Gasteiger partial charge in [-0.3, -0.25) is 9.10 Å². The molecule has 2 aromatic carbocycles. The topological polar surface area (TPSA) is 63.7 Å². The fourth-order valence-electron chi connectivity index (χ4n) is 2.62. The van der Waals surface area contributed by atoms with E-state index in [-0.39, 0.29) is 17.3 Å². The van der Waals surface area contributed by atoms with E-state index < -0.39 is 10.0 Å². The Balaban J connectivity index is 1.73. The van der Waals surface area contributed by atoms with E-state index in [4.69, 9.17) is 4.74 Å². The Morgan fingerprint density at radius 2 is 1.75 bits per heavy atom. The standard InChI is InChI=1S/C21H21NO4S2/c1-15-4-9-20(12-16(15)2)28(24,25)22(3)18-5-7-19(8-6-18)26-21(23)13-17-10-11-27-14-17/h4-12,14H,13H2,1-3H3. The summed E-state index contributed by atoms with van der Waals surface area (Å²) in [4.78, 5) is 12.2. The number of anilines is 1. The summed E-state index contributed by atoms with van der Waals surface area (Å²) in [5.74, 6) is 0.0169. The minimum absolute atomic E-state index is 0.201. The summed E-state index contributed by atoms with van der Waals surface area (Å²) < 4.78 is 32.3. The quantitative estimate of drug-likeness (QED) is 0.444. The lowest BCUT2D eigenvalue weighted by Crippen LogP contribution is -2.26. The molecule has 28 heavy (non-hydrogen) atoms. The highest BCUT2D eigenvalue weighted by atomic mass is 32.2. The predicted molar refractivity (Wildman–Crippen MR) is 112 cm³/mol. The van der Waals surface area contributed by atoms with Crippen LogP contribution in [0.1, 0.15) is 16.7 Å². The summed E-state index contributed by atoms with van der Waals surface area (Å²) in [6, 6.07) is 13.4. The maximum absolute atomic E-state index is 12.9. The average Bonchev–Trinajstić information content (AvgIpc) is 3.16. The van der Waals surface area contributed by atoms with Crippen molar-refractivity contribution < 1.29 is 17.9 Å². The molecule has 3 rings (SSSR count). The molecule has 0 N–H and O–H groups in total. The van der Waals surface area contributed by atoms with Crippen LogP contribution in [0.25, 0.3) is 0 Å². The lowest BCUT2D eigenvalue weighted by Gasteiger charge is -2.20. The molecule has 0 unspecified atom stereocenters. The third-order valence-corrected chi connectivity index (χ3v) is 7.01. The number of thiophene rings is 1. The number of ether oxygens (including phenoxy) is 1. The molecule has 3 aromatic rings. The molecule has 0 aliphatic heterocycles. The van der Waals surface area contributed by atoms with Crippen molar-refractivity contribution in [3.63, 3.8) is 0 Å². The van der Waals surface area contributed by atoms with Crippen molar-refractivity contribution in [2.75, 3.05) is 11.4 Å².